The Labute approximate surface area is 125 Å². The minimum atomic E-state index is -0.198. The molecular formula is C15H23N3OS. The van der Waals surface area contributed by atoms with Gasteiger partial charge < -0.3 is 16.0 Å². The lowest BCUT2D eigenvalue weighted by Crippen LogP contribution is -2.35. The van der Waals surface area contributed by atoms with E-state index in [1.807, 2.05) is 36.0 Å². The Kier molecular flexibility index (Phi) is 4.81. The highest BCUT2D eigenvalue weighted by molar-refractivity contribution is 7.99. The first-order chi connectivity index (χ1) is 9.48. The Bertz CT molecular complexity index is 459. The maximum Gasteiger partial charge on any atom is 0.318 e. The minimum Gasteiger partial charge on any atom is -0.381 e. The van der Waals surface area contributed by atoms with E-state index >= 15 is 0 Å². The molecule has 0 spiro atoms. The van der Waals surface area contributed by atoms with Crippen molar-refractivity contribution in [1.29, 1.82) is 0 Å². The molecule has 20 heavy (non-hydrogen) atoms. The zero-order chi connectivity index (χ0) is 14.6. The highest BCUT2D eigenvalue weighted by atomic mass is 32.2. The van der Waals surface area contributed by atoms with Gasteiger partial charge in [0.15, 0.2) is 0 Å². The molecule has 110 valence electrons. The van der Waals surface area contributed by atoms with Crippen molar-refractivity contribution >= 4 is 29.2 Å². The predicted octanol–water partition coefficient (Wildman–Crippen LogP) is 3.38. The van der Waals surface area contributed by atoms with Crippen LogP contribution in [0, 0.1) is 5.41 Å². The third-order valence-corrected chi connectivity index (χ3v) is 4.98. The Morgan fingerprint density at radius 3 is 2.50 bits per heavy atom. The number of amides is 2. The highest BCUT2D eigenvalue weighted by Crippen LogP contribution is 2.34. The largest absolute Gasteiger partial charge is 0.381 e. The Hall–Kier alpha value is -1.36. The number of benzene rings is 1. The molecule has 1 atom stereocenters. The number of hydrogen-bond donors (Lipinski definition) is 3. The van der Waals surface area contributed by atoms with Gasteiger partial charge in [-0.2, -0.15) is 11.8 Å². The Morgan fingerprint density at radius 2 is 1.90 bits per heavy atom. The highest BCUT2D eigenvalue weighted by Gasteiger charge is 2.28. The SMILES string of the molecule is CNC(=O)Nc1ccc(NC2CSCC(C)(C)C2)cc1. The molecule has 2 rings (SSSR count). The molecule has 0 radical (unpaired) electrons. The predicted molar refractivity (Wildman–Crippen MR) is 87.7 cm³/mol. The fourth-order valence-electron chi connectivity index (χ4n) is 2.43. The van der Waals surface area contributed by atoms with Crippen LogP contribution in [0.1, 0.15) is 20.3 Å². The van der Waals surface area contributed by atoms with Crippen molar-refractivity contribution in [3.63, 3.8) is 0 Å². The summed E-state index contributed by atoms with van der Waals surface area (Å²) >= 11 is 2.02. The molecule has 0 saturated carbocycles. The molecule has 4 nitrogen and oxygen atoms in total. The maximum absolute atomic E-state index is 11.2. The molecule has 1 unspecified atom stereocenters. The van der Waals surface area contributed by atoms with Crippen LogP contribution in [0.2, 0.25) is 0 Å². The van der Waals surface area contributed by atoms with Crippen molar-refractivity contribution < 1.29 is 4.79 Å². The average molecular weight is 293 g/mol. The zero-order valence-electron chi connectivity index (χ0n) is 12.3. The first-order valence-corrected chi connectivity index (χ1v) is 8.07. The standard InChI is InChI=1S/C15H23N3OS/c1-15(2)8-13(9-20-10-15)17-11-4-6-12(7-5-11)18-14(19)16-3/h4-7,13,17H,8-10H2,1-3H3,(H2,16,18,19). The van der Waals surface area contributed by atoms with Gasteiger partial charge in [-0.05, 0) is 41.9 Å². The monoisotopic (exact) mass is 293 g/mol. The van der Waals surface area contributed by atoms with Crippen LogP contribution < -0.4 is 16.0 Å². The summed E-state index contributed by atoms with van der Waals surface area (Å²) in [4.78, 5) is 11.2. The quantitative estimate of drug-likeness (QED) is 0.801. The second kappa shape index (κ2) is 6.39. The molecule has 5 heteroatoms. The molecular weight excluding hydrogens is 270 g/mol. The topological polar surface area (TPSA) is 53.2 Å². The molecule has 1 aromatic rings. The second-order valence-electron chi connectivity index (χ2n) is 6.01. The van der Waals surface area contributed by atoms with Crippen LogP contribution in [-0.2, 0) is 0 Å². The van der Waals surface area contributed by atoms with Crippen molar-refractivity contribution in [1.82, 2.24) is 5.32 Å². The van der Waals surface area contributed by atoms with Crippen molar-refractivity contribution in [2.45, 2.75) is 26.3 Å². The van der Waals surface area contributed by atoms with E-state index in [4.69, 9.17) is 0 Å². The van der Waals surface area contributed by atoms with E-state index in [1.54, 1.807) is 7.05 Å². The lowest BCUT2D eigenvalue weighted by atomic mass is 9.88. The molecule has 1 heterocycles. The summed E-state index contributed by atoms with van der Waals surface area (Å²) in [6.45, 7) is 4.65. The van der Waals surface area contributed by atoms with Crippen LogP contribution in [0.5, 0.6) is 0 Å². The number of hydrogen-bond acceptors (Lipinski definition) is 3. The van der Waals surface area contributed by atoms with Crippen molar-refractivity contribution in [3.8, 4) is 0 Å². The molecule has 0 aliphatic carbocycles. The third-order valence-electron chi connectivity index (χ3n) is 3.35. The number of anilines is 2. The first-order valence-electron chi connectivity index (χ1n) is 6.92. The van der Waals surface area contributed by atoms with Gasteiger partial charge in [-0.25, -0.2) is 4.79 Å². The van der Waals surface area contributed by atoms with E-state index in [1.165, 1.54) is 12.2 Å². The summed E-state index contributed by atoms with van der Waals surface area (Å²) < 4.78 is 0. The normalized spacial score (nSPS) is 21.1. The van der Waals surface area contributed by atoms with Crippen molar-refractivity contribution in [3.05, 3.63) is 24.3 Å². The lowest BCUT2D eigenvalue weighted by Gasteiger charge is -2.35. The van der Waals surface area contributed by atoms with Crippen molar-refractivity contribution in [2.24, 2.45) is 5.41 Å². The molecule has 0 aromatic heterocycles. The van der Waals surface area contributed by atoms with Crippen LogP contribution in [-0.4, -0.2) is 30.6 Å². The smallest absolute Gasteiger partial charge is 0.318 e. The van der Waals surface area contributed by atoms with E-state index in [2.05, 4.69) is 29.8 Å². The average Bonchev–Trinajstić information content (AvgIpc) is 2.40. The van der Waals surface area contributed by atoms with Gasteiger partial charge in [0.05, 0.1) is 0 Å². The number of carbonyl (C=O) groups is 1. The van der Waals surface area contributed by atoms with Gasteiger partial charge in [0.1, 0.15) is 0 Å². The Morgan fingerprint density at radius 1 is 1.25 bits per heavy atom. The molecule has 3 N–H and O–H groups in total. The minimum absolute atomic E-state index is 0.198. The molecule has 2 amide bonds. The first kappa shape index (κ1) is 15.0. The van der Waals surface area contributed by atoms with E-state index in [9.17, 15) is 4.79 Å². The van der Waals surface area contributed by atoms with E-state index in [-0.39, 0.29) is 6.03 Å². The summed E-state index contributed by atoms with van der Waals surface area (Å²) in [6.07, 6.45) is 1.19. The summed E-state index contributed by atoms with van der Waals surface area (Å²) in [7, 11) is 1.60. The number of nitrogens with one attached hydrogen (secondary N) is 3. The fourth-order valence-corrected chi connectivity index (χ4v) is 3.71. The molecule has 1 saturated heterocycles. The second-order valence-corrected chi connectivity index (χ2v) is 7.04. The molecule has 1 aliphatic rings. The molecule has 0 bridgehead atoms. The molecule has 1 aliphatic heterocycles. The van der Waals surface area contributed by atoms with Crippen LogP contribution in [0.4, 0.5) is 16.2 Å². The summed E-state index contributed by atoms with van der Waals surface area (Å²) in [5.41, 5.74) is 2.31. The van der Waals surface area contributed by atoms with Gasteiger partial charge in [0.25, 0.3) is 0 Å². The van der Waals surface area contributed by atoms with Crippen LogP contribution >= 0.6 is 11.8 Å². The number of carbonyl (C=O) groups excluding carboxylic acids is 1. The van der Waals surface area contributed by atoms with Gasteiger partial charge >= 0.3 is 6.03 Å². The van der Waals surface area contributed by atoms with Crippen LogP contribution in [0.25, 0.3) is 0 Å². The number of urea groups is 1. The van der Waals surface area contributed by atoms with E-state index in [0.29, 0.717) is 11.5 Å². The lowest BCUT2D eigenvalue weighted by molar-refractivity contribution is 0.254. The van der Waals surface area contributed by atoms with Gasteiger partial charge in [-0.15, -0.1) is 0 Å². The molecule has 1 fully saturated rings. The van der Waals surface area contributed by atoms with Crippen LogP contribution in [0.15, 0.2) is 24.3 Å². The van der Waals surface area contributed by atoms with Gasteiger partial charge in [-0.1, -0.05) is 13.8 Å². The van der Waals surface area contributed by atoms with Gasteiger partial charge in [0, 0.05) is 30.2 Å². The van der Waals surface area contributed by atoms with E-state index in [0.717, 1.165) is 17.1 Å². The molecule has 1 aromatic carbocycles. The third kappa shape index (κ3) is 4.34. The Balaban J connectivity index is 1.92. The number of rotatable bonds is 3. The summed E-state index contributed by atoms with van der Waals surface area (Å²) in [5, 5.41) is 8.87. The maximum atomic E-state index is 11.2. The van der Waals surface area contributed by atoms with Crippen LogP contribution in [0.3, 0.4) is 0 Å². The summed E-state index contributed by atoms with van der Waals surface area (Å²) in [6, 6.07) is 8.17. The van der Waals surface area contributed by atoms with Gasteiger partial charge in [-0.3, -0.25) is 0 Å². The van der Waals surface area contributed by atoms with Crippen molar-refractivity contribution in [2.75, 3.05) is 29.2 Å². The number of thioether (sulfide) groups is 1. The van der Waals surface area contributed by atoms with Gasteiger partial charge in [0.2, 0.25) is 0 Å². The summed E-state index contributed by atoms with van der Waals surface area (Å²) in [5.74, 6) is 2.39. The van der Waals surface area contributed by atoms with E-state index < -0.39 is 0 Å². The fraction of sp³-hybridized carbons (Fsp3) is 0.533. The zero-order valence-corrected chi connectivity index (χ0v) is 13.1.